The zero-order valence-corrected chi connectivity index (χ0v) is 23.1. The average molecular weight is 583 g/mol. The van der Waals surface area contributed by atoms with E-state index in [1.165, 1.54) is 6.20 Å². The Morgan fingerprint density at radius 1 is 1.10 bits per heavy atom. The van der Waals surface area contributed by atoms with Gasteiger partial charge in [-0.05, 0) is 49.9 Å². The number of nitrogens with one attached hydrogen (secondary N) is 2. The van der Waals surface area contributed by atoms with E-state index in [2.05, 4.69) is 20.6 Å². The molecule has 0 unspecified atom stereocenters. The van der Waals surface area contributed by atoms with Crippen molar-refractivity contribution in [3.05, 3.63) is 46.9 Å². The van der Waals surface area contributed by atoms with Crippen molar-refractivity contribution in [2.24, 2.45) is 10.9 Å². The lowest BCUT2D eigenvalue weighted by Crippen LogP contribution is -2.49. The van der Waals surface area contributed by atoms with Crippen LogP contribution in [0, 0.1) is 5.92 Å². The van der Waals surface area contributed by atoms with E-state index in [9.17, 15) is 14.4 Å². The molecule has 1 saturated heterocycles. The second kappa shape index (κ2) is 11.6. The molecular formula is C27H27ClN6O5S. The molecule has 2 aliphatic heterocycles. The van der Waals surface area contributed by atoms with Gasteiger partial charge in [-0.15, -0.1) is 11.8 Å². The van der Waals surface area contributed by atoms with Crippen LogP contribution in [0.1, 0.15) is 41.9 Å². The molecule has 0 spiro atoms. The number of nitrogens with zero attached hydrogens (tertiary/aromatic N) is 4. The minimum Gasteiger partial charge on any atom is -0.447 e. The van der Waals surface area contributed by atoms with E-state index in [1.54, 1.807) is 36.0 Å². The maximum absolute atomic E-state index is 13.5. The molecular weight excluding hydrogens is 556 g/mol. The van der Waals surface area contributed by atoms with Crippen molar-refractivity contribution in [1.29, 1.82) is 0 Å². The summed E-state index contributed by atoms with van der Waals surface area (Å²) in [5, 5.41) is 6.90. The highest BCUT2D eigenvalue weighted by Crippen LogP contribution is 2.34. The molecule has 0 aromatic carbocycles. The summed E-state index contributed by atoms with van der Waals surface area (Å²) in [5.41, 5.74) is 1.62. The number of carbonyl (C=O) groups excluding carboxylic acids is 3. The van der Waals surface area contributed by atoms with E-state index in [1.807, 2.05) is 4.90 Å². The Kier molecular flexibility index (Phi) is 7.72. The average Bonchev–Trinajstić information content (AvgIpc) is 3.63. The summed E-state index contributed by atoms with van der Waals surface area (Å²) in [6.45, 7) is 1.95. The first-order valence-electron chi connectivity index (χ1n) is 13.2. The van der Waals surface area contributed by atoms with Gasteiger partial charge in [-0.3, -0.25) is 19.4 Å². The van der Waals surface area contributed by atoms with Crippen LogP contribution in [0.2, 0.25) is 5.02 Å². The Morgan fingerprint density at radius 2 is 1.95 bits per heavy atom. The van der Waals surface area contributed by atoms with Crippen LogP contribution in [-0.2, 0) is 14.3 Å². The van der Waals surface area contributed by atoms with Gasteiger partial charge in [0.15, 0.2) is 5.58 Å². The third kappa shape index (κ3) is 5.56. The van der Waals surface area contributed by atoms with Gasteiger partial charge in [0, 0.05) is 37.0 Å². The number of fused-ring (bicyclic) bond motifs is 1. The number of carbonyl (C=O) groups is 3. The maximum Gasteiger partial charge on any atom is 0.294 e. The van der Waals surface area contributed by atoms with Crippen LogP contribution in [0.3, 0.4) is 0 Å². The standard InChI is InChI=1S/C27H27ClN6O5S/c28-16-3-8-20(30-13-16)32-26(37)24-23(22-19(39-24)7-6-18(31-22)27-29-9-12-40-27)33-25(36)15-1-4-17(5-2-15)34-10-11-38-14-21(34)35/h3,6-8,13,15,17H,1-2,4-5,9-12,14H2,(H,33,36)(H,30,32,37). The summed E-state index contributed by atoms with van der Waals surface area (Å²) in [6.07, 6.45) is 4.13. The third-order valence-corrected chi connectivity index (χ3v) is 8.51. The Morgan fingerprint density at radius 3 is 2.67 bits per heavy atom. The lowest BCUT2D eigenvalue weighted by molar-refractivity contribution is -0.146. The van der Waals surface area contributed by atoms with Crippen molar-refractivity contribution in [3.63, 3.8) is 0 Å². The van der Waals surface area contributed by atoms with Gasteiger partial charge in [-0.25, -0.2) is 9.97 Å². The molecule has 6 rings (SSSR count). The van der Waals surface area contributed by atoms with Gasteiger partial charge in [-0.2, -0.15) is 0 Å². The van der Waals surface area contributed by atoms with Gasteiger partial charge in [0.25, 0.3) is 5.91 Å². The second-order valence-electron chi connectivity index (χ2n) is 9.83. The molecule has 40 heavy (non-hydrogen) atoms. The normalized spacial score (nSPS) is 21.4. The largest absolute Gasteiger partial charge is 0.447 e. The van der Waals surface area contributed by atoms with Crippen molar-refractivity contribution >= 4 is 68.7 Å². The van der Waals surface area contributed by atoms with Crippen LogP contribution in [0.15, 0.2) is 39.9 Å². The molecule has 5 heterocycles. The molecule has 0 atom stereocenters. The fraction of sp³-hybridized carbons (Fsp3) is 0.407. The number of ether oxygens (including phenoxy) is 1. The van der Waals surface area contributed by atoms with E-state index in [4.69, 9.17) is 25.7 Å². The minimum absolute atomic E-state index is 0.00163. The number of amides is 3. The molecule has 208 valence electrons. The first-order chi connectivity index (χ1) is 19.5. The number of halogens is 1. The summed E-state index contributed by atoms with van der Waals surface area (Å²) in [4.78, 5) is 54.3. The van der Waals surface area contributed by atoms with E-state index in [0.717, 1.165) is 30.2 Å². The third-order valence-electron chi connectivity index (χ3n) is 7.29. The molecule has 13 heteroatoms. The fourth-order valence-electron chi connectivity index (χ4n) is 5.28. The number of rotatable bonds is 6. The SMILES string of the molecule is O=C(Nc1ccc(Cl)cn1)c1oc2ccc(C3=NCCS3)nc2c1NC(=O)C1CCC(N2CCOCC2=O)CC1. The van der Waals surface area contributed by atoms with Gasteiger partial charge in [0.05, 0.1) is 17.3 Å². The van der Waals surface area contributed by atoms with Crippen molar-refractivity contribution in [2.75, 3.05) is 42.7 Å². The van der Waals surface area contributed by atoms with Gasteiger partial charge >= 0.3 is 0 Å². The summed E-state index contributed by atoms with van der Waals surface area (Å²) in [6, 6.07) is 6.82. The van der Waals surface area contributed by atoms with E-state index in [-0.39, 0.29) is 47.6 Å². The smallest absolute Gasteiger partial charge is 0.294 e. The molecule has 3 aromatic heterocycles. The zero-order chi connectivity index (χ0) is 27.6. The number of morpholine rings is 1. The number of hydrogen-bond acceptors (Lipinski definition) is 9. The summed E-state index contributed by atoms with van der Waals surface area (Å²) < 4.78 is 11.2. The number of aliphatic imine (C=N–C) groups is 1. The molecule has 3 aliphatic rings. The molecule has 2 N–H and O–H groups in total. The van der Waals surface area contributed by atoms with Crippen LogP contribution >= 0.6 is 23.4 Å². The van der Waals surface area contributed by atoms with Crippen LogP contribution in [0.4, 0.5) is 11.5 Å². The summed E-state index contributed by atoms with van der Waals surface area (Å²) in [7, 11) is 0. The monoisotopic (exact) mass is 582 g/mol. The van der Waals surface area contributed by atoms with Crippen LogP contribution in [0.25, 0.3) is 11.1 Å². The molecule has 0 radical (unpaired) electrons. The predicted molar refractivity (Wildman–Crippen MR) is 152 cm³/mol. The number of aromatic nitrogens is 2. The second-order valence-corrected chi connectivity index (χ2v) is 11.4. The van der Waals surface area contributed by atoms with Gasteiger partial charge < -0.3 is 24.7 Å². The first-order valence-corrected chi connectivity index (χ1v) is 14.5. The van der Waals surface area contributed by atoms with E-state index in [0.29, 0.717) is 47.8 Å². The van der Waals surface area contributed by atoms with Crippen molar-refractivity contribution in [1.82, 2.24) is 14.9 Å². The Labute approximate surface area is 239 Å². The lowest BCUT2D eigenvalue weighted by Gasteiger charge is -2.38. The predicted octanol–water partition coefficient (Wildman–Crippen LogP) is 3.98. The summed E-state index contributed by atoms with van der Waals surface area (Å²) >= 11 is 7.53. The molecule has 3 amide bonds. The number of hydrogen-bond donors (Lipinski definition) is 2. The number of anilines is 2. The summed E-state index contributed by atoms with van der Waals surface area (Å²) in [5.74, 6) is 0.0299. The van der Waals surface area contributed by atoms with Gasteiger partial charge in [0.2, 0.25) is 17.6 Å². The number of furan rings is 1. The maximum atomic E-state index is 13.5. The fourth-order valence-corrected chi connectivity index (χ4v) is 6.21. The lowest BCUT2D eigenvalue weighted by atomic mass is 9.84. The molecule has 1 aliphatic carbocycles. The molecule has 3 aromatic rings. The Hall–Kier alpha value is -3.48. The van der Waals surface area contributed by atoms with Crippen molar-refractivity contribution < 1.29 is 23.5 Å². The molecule has 2 fully saturated rings. The highest BCUT2D eigenvalue weighted by molar-refractivity contribution is 8.14. The number of thioether (sulfide) groups is 1. The van der Waals surface area contributed by atoms with Crippen molar-refractivity contribution in [2.45, 2.75) is 31.7 Å². The minimum atomic E-state index is -0.577. The van der Waals surface area contributed by atoms with Crippen molar-refractivity contribution in [3.8, 4) is 0 Å². The topological polar surface area (TPSA) is 139 Å². The van der Waals surface area contributed by atoms with Crippen LogP contribution < -0.4 is 10.6 Å². The Balaban J connectivity index is 1.24. The Bertz CT molecular complexity index is 1480. The molecule has 0 bridgehead atoms. The molecule has 11 nitrogen and oxygen atoms in total. The van der Waals surface area contributed by atoms with Gasteiger partial charge in [0.1, 0.15) is 28.7 Å². The highest BCUT2D eigenvalue weighted by atomic mass is 35.5. The van der Waals surface area contributed by atoms with E-state index >= 15 is 0 Å². The quantitative estimate of drug-likeness (QED) is 0.445. The van der Waals surface area contributed by atoms with Crippen LogP contribution in [-0.4, -0.2) is 75.7 Å². The van der Waals surface area contributed by atoms with Gasteiger partial charge in [-0.1, -0.05) is 11.6 Å². The van der Waals surface area contributed by atoms with E-state index < -0.39 is 5.91 Å². The zero-order valence-electron chi connectivity index (χ0n) is 21.5. The highest BCUT2D eigenvalue weighted by Gasteiger charge is 2.34. The first kappa shape index (κ1) is 26.7. The number of pyridine rings is 2. The molecule has 1 saturated carbocycles. The van der Waals surface area contributed by atoms with Crippen LogP contribution in [0.5, 0.6) is 0 Å².